The lowest BCUT2D eigenvalue weighted by Gasteiger charge is -2.29. The van der Waals surface area contributed by atoms with E-state index in [0.29, 0.717) is 23.9 Å². The molecule has 1 aromatic carbocycles. The van der Waals surface area contributed by atoms with Crippen molar-refractivity contribution in [2.45, 2.75) is 31.7 Å². The molecule has 2 rings (SSSR count). The van der Waals surface area contributed by atoms with Gasteiger partial charge in [0.05, 0.1) is 11.6 Å². The van der Waals surface area contributed by atoms with Crippen molar-refractivity contribution in [2.24, 2.45) is 11.7 Å². The molecule has 1 amide bonds. The van der Waals surface area contributed by atoms with Crippen LogP contribution in [0.4, 0.5) is 0 Å². The number of nitrogens with two attached hydrogens (primary N) is 1. The van der Waals surface area contributed by atoms with Crippen molar-refractivity contribution < 1.29 is 9.53 Å². The molecule has 0 heterocycles. The lowest BCUT2D eigenvalue weighted by molar-refractivity contribution is -0.135. The van der Waals surface area contributed by atoms with Gasteiger partial charge in [0.15, 0.2) is 0 Å². The number of amides is 1. The summed E-state index contributed by atoms with van der Waals surface area (Å²) in [5.74, 6) is 0.895. The number of para-hydroxylation sites is 1. The number of carbonyl (C=O) groups is 1. The summed E-state index contributed by atoms with van der Waals surface area (Å²) in [4.78, 5) is 14.1. The van der Waals surface area contributed by atoms with Crippen LogP contribution in [0.2, 0.25) is 5.02 Å². The number of nitrogens with zero attached hydrogens (tertiary/aromatic N) is 1. The Balaban J connectivity index is 1.77. The van der Waals surface area contributed by atoms with Gasteiger partial charge in [-0.05, 0) is 31.4 Å². The second-order valence-corrected chi connectivity index (χ2v) is 6.07. The summed E-state index contributed by atoms with van der Waals surface area (Å²) < 4.78 is 5.62. The Hall–Kier alpha value is -1.26. The van der Waals surface area contributed by atoms with Crippen molar-refractivity contribution in [1.29, 1.82) is 0 Å². The van der Waals surface area contributed by atoms with Crippen LogP contribution in [-0.2, 0) is 4.79 Å². The molecule has 0 bridgehead atoms. The molecule has 2 N–H and O–H groups in total. The van der Waals surface area contributed by atoms with Gasteiger partial charge in [0.2, 0.25) is 5.91 Å². The Morgan fingerprint density at radius 1 is 1.43 bits per heavy atom. The van der Waals surface area contributed by atoms with Gasteiger partial charge < -0.3 is 15.4 Å². The van der Waals surface area contributed by atoms with Crippen LogP contribution >= 0.6 is 11.6 Å². The summed E-state index contributed by atoms with van der Waals surface area (Å²) in [5.41, 5.74) is 5.95. The van der Waals surface area contributed by atoms with E-state index in [-0.39, 0.29) is 17.9 Å². The molecule has 0 radical (unpaired) electrons. The van der Waals surface area contributed by atoms with Gasteiger partial charge in [-0.1, -0.05) is 30.2 Å². The SMILES string of the molecule is CN(CCOc1ccccc1Cl)C(=O)C1CCCC(N)C1. The fourth-order valence-electron chi connectivity index (χ4n) is 2.73. The van der Waals surface area contributed by atoms with E-state index < -0.39 is 0 Å². The van der Waals surface area contributed by atoms with E-state index in [1.165, 1.54) is 0 Å². The quantitative estimate of drug-likeness (QED) is 0.909. The Labute approximate surface area is 131 Å². The zero-order valence-corrected chi connectivity index (χ0v) is 13.2. The maximum absolute atomic E-state index is 12.3. The van der Waals surface area contributed by atoms with Crippen molar-refractivity contribution >= 4 is 17.5 Å². The molecule has 5 heteroatoms. The van der Waals surface area contributed by atoms with Gasteiger partial charge in [-0.25, -0.2) is 0 Å². The number of hydrogen-bond donors (Lipinski definition) is 1. The summed E-state index contributed by atoms with van der Waals surface area (Å²) in [5, 5.41) is 0.588. The number of halogens is 1. The molecule has 0 spiro atoms. The third-order valence-corrected chi connectivity index (χ3v) is 4.27. The van der Waals surface area contributed by atoms with Crippen molar-refractivity contribution in [1.82, 2.24) is 4.90 Å². The van der Waals surface area contributed by atoms with Gasteiger partial charge in [-0.15, -0.1) is 0 Å². The highest BCUT2D eigenvalue weighted by Gasteiger charge is 2.27. The molecule has 116 valence electrons. The van der Waals surface area contributed by atoms with Gasteiger partial charge in [0, 0.05) is 19.0 Å². The van der Waals surface area contributed by atoms with Gasteiger partial charge in [-0.3, -0.25) is 4.79 Å². The highest BCUT2D eigenvalue weighted by molar-refractivity contribution is 6.32. The lowest BCUT2D eigenvalue weighted by Crippen LogP contribution is -2.40. The predicted octanol–water partition coefficient (Wildman–Crippen LogP) is 2.69. The number of hydrogen-bond acceptors (Lipinski definition) is 3. The van der Waals surface area contributed by atoms with Gasteiger partial charge in [0.1, 0.15) is 12.4 Å². The summed E-state index contributed by atoms with van der Waals surface area (Å²) in [6.45, 7) is 0.987. The minimum Gasteiger partial charge on any atom is -0.490 e. The molecule has 0 aromatic heterocycles. The second kappa shape index (κ2) is 7.66. The monoisotopic (exact) mass is 310 g/mol. The zero-order valence-electron chi connectivity index (χ0n) is 12.4. The standard InChI is InChI=1S/C16H23ClN2O2/c1-19(16(20)12-5-4-6-13(18)11-12)9-10-21-15-8-3-2-7-14(15)17/h2-3,7-8,12-13H,4-6,9-11,18H2,1H3. The molecule has 0 aliphatic heterocycles. The van der Waals surface area contributed by atoms with Crippen LogP contribution in [0.25, 0.3) is 0 Å². The second-order valence-electron chi connectivity index (χ2n) is 5.66. The molecule has 21 heavy (non-hydrogen) atoms. The Morgan fingerprint density at radius 2 is 2.19 bits per heavy atom. The van der Waals surface area contributed by atoms with E-state index in [1.54, 1.807) is 11.0 Å². The fraction of sp³-hybridized carbons (Fsp3) is 0.562. The highest BCUT2D eigenvalue weighted by atomic mass is 35.5. The molecule has 2 unspecified atom stereocenters. The smallest absolute Gasteiger partial charge is 0.225 e. The molecule has 0 saturated heterocycles. The lowest BCUT2D eigenvalue weighted by atomic mass is 9.85. The number of rotatable bonds is 5. The predicted molar refractivity (Wildman–Crippen MR) is 84.5 cm³/mol. The molecule has 2 atom stereocenters. The highest BCUT2D eigenvalue weighted by Crippen LogP contribution is 2.25. The topological polar surface area (TPSA) is 55.6 Å². The maximum atomic E-state index is 12.3. The van der Waals surface area contributed by atoms with Crippen LogP contribution in [0.5, 0.6) is 5.75 Å². The number of carbonyl (C=O) groups excluding carboxylic acids is 1. The third-order valence-electron chi connectivity index (χ3n) is 3.96. The van der Waals surface area contributed by atoms with Crippen molar-refractivity contribution in [3.8, 4) is 5.75 Å². The normalized spacial score (nSPS) is 21.9. The summed E-state index contributed by atoms with van der Waals surface area (Å²) in [7, 11) is 1.82. The Kier molecular flexibility index (Phi) is 5.88. The minimum absolute atomic E-state index is 0.0686. The Morgan fingerprint density at radius 3 is 2.90 bits per heavy atom. The first kappa shape index (κ1) is 16.1. The largest absolute Gasteiger partial charge is 0.490 e. The van der Waals surface area contributed by atoms with Crippen LogP contribution in [0.15, 0.2) is 24.3 Å². The molecular weight excluding hydrogens is 288 g/mol. The average Bonchev–Trinajstić information content (AvgIpc) is 2.48. The van der Waals surface area contributed by atoms with Crippen LogP contribution in [0.1, 0.15) is 25.7 Å². The number of likely N-dealkylation sites (N-methyl/N-ethyl adjacent to an activating group) is 1. The average molecular weight is 311 g/mol. The fourth-order valence-corrected chi connectivity index (χ4v) is 2.92. The van der Waals surface area contributed by atoms with Gasteiger partial charge >= 0.3 is 0 Å². The summed E-state index contributed by atoms with van der Waals surface area (Å²) in [6, 6.07) is 7.51. The molecule has 1 aliphatic rings. The van der Waals surface area contributed by atoms with Crippen molar-refractivity contribution in [3.05, 3.63) is 29.3 Å². The first-order valence-corrected chi connectivity index (χ1v) is 7.83. The van der Waals surface area contributed by atoms with Crippen LogP contribution in [-0.4, -0.2) is 37.0 Å². The minimum atomic E-state index is 0.0686. The first-order chi connectivity index (χ1) is 10.1. The van der Waals surface area contributed by atoms with E-state index in [4.69, 9.17) is 22.1 Å². The summed E-state index contributed by atoms with van der Waals surface area (Å²) >= 11 is 6.02. The molecule has 1 saturated carbocycles. The summed E-state index contributed by atoms with van der Waals surface area (Å²) in [6.07, 6.45) is 3.82. The van der Waals surface area contributed by atoms with E-state index in [0.717, 1.165) is 25.7 Å². The van der Waals surface area contributed by atoms with Gasteiger partial charge in [-0.2, -0.15) is 0 Å². The molecule has 4 nitrogen and oxygen atoms in total. The van der Waals surface area contributed by atoms with Crippen molar-refractivity contribution in [2.75, 3.05) is 20.2 Å². The van der Waals surface area contributed by atoms with E-state index in [2.05, 4.69) is 0 Å². The van der Waals surface area contributed by atoms with Crippen molar-refractivity contribution in [3.63, 3.8) is 0 Å². The van der Waals surface area contributed by atoms with E-state index in [1.807, 2.05) is 25.2 Å². The maximum Gasteiger partial charge on any atom is 0.225 e. The third kappa shape index (κ3) is 4.61. The van der Waals surface area contributed by atoms with E-state index >= 15 is 0 Å². The Bertz CT molecular complexity index is 481. The molecule has 1 fully saturated rings. The molecule has 1 aliphatic carbocycles. The first-order valence-electron chi connectivity index (χ1n) is 7.46. The molecular formula is C16H23ClN2O2. The molecule has 1 aromatic rings. The zero-order chi connectivity index (χ0) is 15.2. The number of ether oxygens (including phenoxy) is 1. The van der Waals surface area contributed by atoms with E-state index in [9.17, 15) is 4.79 Å². The van der Waals surface area contributed by atoms with Crippen LogP contribution < -0.4 is 10.5 Å². The number of benzene rings is 1. The van der Waals surface area contributed by atoms with Gasteiger partial charge in [0.25, 0.3) is 0 Å². The van der Waals surface area contributed by atoms with Crippen LogP contribution in [0.3, 0.4) is 0 Å². The van der Waals surface area contributed by atoms with Crippen LogP contribution in [0, 0.1) is 5.92 Å².